The lowest BCUT2D eigenvalue weighted by Gasteiger charge is -2.38. The largest absolute Gasteiger partial charge is 0.342 e. The maximum atomic E-state index is 12.6. The number of likely N-dealkylation sites (tertiary alicyclic amines) is 1. The Kier molecular flexibility index (Phi) is 6.10. The van der Waals surface area contributed by atoms with Gasteiger partial charge in [0.05, 0.1) is 6.42 Å². The fourth-order valence-corrected chi connectivity index (χ4v) is 3.68. The van der Waals surface area contributed by atoms with Gasteiger partial charge in [-0.3, -0.25) is 4.79 Å². The summed E-state index contributed by atoms with van der Waals surface area (Å²) in [6.07, 6.45) is 2.65. The number of benzene rings is 2. The molecule has 2 aromatic rings. The van der Waals surface area contributed by atoms with E-state index in [1.807, 2.05) is 23.1 Å². The normalized spacial score (nSPS) is 15.7. The van der Waals surface area contributed by atoms with Gasteiger partial charge in [-0.15, -0.1) is 0 Å². The van der Waals surface area contributed by atoms with Gasteiger partial charge in [0, 0.05) is 25.2 Å². The van der Waals surface area contributed by atoms with Crippen LogP contribution in [0.1, 0.15) is 32.3 Å². The second-order valence-electron chi connectivity index (χ2n) is 7.61. The summed E-state index contributed by atoms with van der Waals surface area (Å²) in [5.41, 5.74) is 3.50. The zero-order valence-corrected chi connectivity index (χ0v) is 16.2. The van der Waals surface area contributed by atoms with Crippen molar-refractivity contribution in [2.45, 2.75) is 45.2 Å². The van der Waals surface area contributed by atoms with E-state index in [4.69, 9.17) is 0 Å². The van der Waals surface area contributed by atoms with Crippen LogP contribution in [0.4, 0.5) is 0 Å². The fraction of sp³-hybridized carbons (Fsp3) is 0.435. The van der Waals surface area contributed by atoms with Gasteiger partial charge in [0.15, 0.2) is 0 Å². The lowest BCUT2D eigenvalue weighted by molar-refractivity contribution is -0.132. The second kappa shape index (κ2) is 8.50. The molecule has 3 rings (SSSR count). The Labute approximate surface area is 157 Å². The molecule has 1 fully saturated rings. The van der Waals surface area contributed by atoms with Crippen molar-refractivity contribution < 1.29 is 4.79 Å². The van der Waals surface area contributed by atoms with Crippen molar-refractivity contribution in [3.05, 3.63) is 60.2 Å². The first-order chi connectivity index (χ1) is 12.5. The molecule has 138 valence electrons. The maximum absolute atomic E-state index is 12.6. The van der Waals surface area contributed by atoms with Gasteiger partial charge < -0.3 is 9.80 Å². The third kappa shape index (κ3) is 4.53. The molecule has 0 radical (unpaired) electrons. The van der Waals surface area contributed by atoms with Crippen molar-refractivity contribution >= 4 is 5.91 Å². The van der Waals surface area contributed by atoms with Gasteiger partial charge in [-0.2, -0.15) is 0 Å². The summed E-state index contributed by atoms with van der Waals surface area (Å²) >= 11 is 0. The Morgan fingerprint density at radius 1 is 1.00 bits per heavy atom. The first-order valence-electron chi connectivity index (χ1n) is 9.68. The minimum atomic E-state index is 0.253. The molecule has 1 aliphatic rings. The van der Waals surface area contributed by atoms with E-state index in [2.05, 4.69) is 62.2 Å². The first kappa shape index (κ1) is 18.7. The summed E-state index contributed by atoms with van der Waals surface area (Å²) in [7, 11) is 2.20. The molecule has 0 bridgehead atoms. The summed E-state index contributed by atoms with van der Waals surface area (Å²) in [6.45, 7) is 6.22. The topological polar surface area (TPSA) is 23.6 Å². The number of carbonyl (C=O) groups excluding carboxylic acids is 1. The van der Waals surface area contributed by atoms with Crippen molar-refractivity contribution in [1.82, 2.24) is 9.80 Å². The Balaban J connectivity index is 1.54. The van der Waals surface area contributed by atoms with Gasteiger partial charge in [0.25, 0.3) is 0 Å². The highest BCUT2D eigenvalue weighted by Crippen LogP contribution is 2.21. The molecule has 1 saturated heterocycles. The van der Waals surface area contributed by atoms with E-state index < -0.39 is 0 Å². The molecule has 2 aromatic carbocycles. The molecule has 0 aromatic heterocycles. The van der Waals surface area contributed by atoms with Crippen molar-refractivity contribution in [3.8, 4) is 11.1 Å². The Hall–Kier alpha value is -2.13. The van der Waals surface area contributed by atoms with E-state index >= 15 is 0 Å². The molecule has 0 atom stereocenters. The van der Waals surface area contributed by atoms with Gasteiger partial charge in [-0.25, -0.2) is 0 Å². The van der Waals surface area contributed by atoms with E-state index in [1.165, 1.54) is 11.1 Å². The Morgan fingerprint density at radius 2 is 1.58 bits per heavy atom. The molecular weight excluding hydrogens is 320 g/mol. The number of carbonyl (C=O) groups is 1. The predicted octanol–water partition coefficient (Wildman–Crippen LogP) is 4.23. The van der Waals surface area contributed by atoms with Gasteiger partial charge in [0.1, 0.15) is 0 Å². The van der Waals surface area contributed by atoms with Gasteiger partial charge in [-0.1, -0.05) is 54.6 Å². The van der Waals surface area contributed by atoms with E-state index in [0.29, 0.717) is 18.5 Å². The highest BCUT2D eigenvalue weighted by atomic mass is 16.2. The summed E-state index contributed by atoms with van der Waals surface area (Å²) < 4.78 is 0. The molecule has 3 nitrogen and oxygen atoms in total. The van der Waals surface area contributed by atoms with Crippen LogP contribution in [-0.4, -0.2) is 47.9 Å². The van der Waals surface area contributed by atoms with Crippen LogP contribution in [0.5, 0.6) is 0 Å². The van der Waals surface area contributed by atoms with Crippen LogP contribution in [0.25, 0.3) is 11.1 Å². The van der Waals surface area contributed by atoms with E-state index in [0.717, 1.165) is 31.5 Å². The van der Waals surface area contributed by atoms with Crippen molar-refractivity contribution in [1.29, 1.82) is 0 Å². The van der Waals surface area contributed by atoms with Crippen molar-refractivity contribution in [3.63, 3.8) is 0 Å². The van der Waals surface area contributed by atoms with Crippen LogP contribution in [0.15, 0.2) is 54.6 Å². The molecule has 26 heavy (non-hydrogen) atoms. The average molecular weight is 351 g/mol. The average Bonchev–Trinajstić information content (AvgIpc) is 2.68. The molecule has 3 heteroatoms. The Bertz CT molecular complexity index is 701. The third-order valence-electron chi connectivity index (χ3n) is 5.62. The zero-order chi connectivity index (χ0) is 18.5. The minimum Gasteiger partial charge on any atom is -0.342 e. The fourth-order valence-electron chi connectivity index (χ4n) is 3.68. The summed E-state index contributed by atoms with van der Waals surface area (Å²) in [5.74, 6) is 0.253. The molecule has 0 aliphatic carbocycles. The number of amides is 1. The second-order valence-corrected chi connectivity index (χ2v) is 7.61. The highest BCUT2D eigenvalue weighted by Gasteiger charge is 2.26. The van der Waals surface area contributed by atoms with Crippen molar-refractivity contribution in [2.75, 3.05) is 20.1 Å². The monoisotopic (exact) mass is 350 g/mol. The standard InChI is InChI=1S/C23H30N2O/c1-18(2)24(3)22-13-15-25(16-14-22)23(26)17-19-9-11-21(12-10-19)20-7-5-4-6-8-20/h4-12,18,22H,13-17H2,1-3H3. The summed E-state index contributed by atoms with van der Waals surface area (Å²) in [5, 5.41) is 0. The molecule has 1 heterocycles. The molecule has 1 aliphatic heterocycles. The van der Waals surface area contributed by atoms with Crippen LogP contribution in [0.2, 0.25) is 0 Å². The molecule has 1 amide bonds. The molecule has 0 N–H and O–H groups in total. The molecular formula is C23H30N2O. The number of hydrogen-bond acceptors (Lipinski definition) is 2. The van der Waals surface area contributed by atoms with Crippen LogP contribution in [0, 0.1) is 0 Å². The molecule has 0 spiro atoms. The third-order valence-corrected chi connectivity index (χ3v) is 5.62. The quantitative estimate of drug-likeness (QED) is 0.806. The zero-order valence-electron chi connectivity index (χ0n) is 16.2. The number of hydrogen-bond donors (Lipinski definition) is 0. The SMILES string of the molecule is CC(C)N(C)C1CCN(C(=O)Cc2ccc(-c3ccccc3)cc2)CC1. The minimum absolute atomic E-state index is 0.253. The predicted molar refractivity (Wildman–Crippen MR) is 108 cm³/mol. The first-order valence-corrected chi connectivity index (χ1v) is 9.68. The number of nitrogens with zero attached hydrogens (tertiary/aromatic N) is 2. The van der Waals surface area contributed by atoms with Crippen molar-refractivity contribution in [2.24, 2.45) is 0 Å². The van der Waals surface area contributed by atoms with E-state index in [-0.39, 0.29) is 5.91 Å². The van der Waals surface area contributed by atoms with Crippen LogP contribution < -0.4 is 0 Å². The smallest absolute Gasteiger partial charge is 0.226 e. The summed E-state index contributed by atoms with van der Waals surface area (Å²) in [6, 6.07) is 19.9. The van der Waals surface area contributed by atoms with Crippen LogP contribution in [0.3, 0.4) is 0 Å². The molecule has 0 unspecified atom stereocenters. The lowest BCUT2D eigenvalue weighted by Crippen LogP contribution is -2.47. The van der Waals surface area contributed by atoms with Gasteiger partial charge in [0.2, 0.25) is 5.91 Å². The lowest BCUT2D eigenvalue weighted by atomic mass is 10.0. The number of piperidine rings is 1. The maximum Gasteiger partial charge on any atom is 0.226 e. The van der Waals surface area contributed by atoms with Gasteiger partial charge in [-0.05, 0) is 50.4 Å². The summed E-state index contributed by atoms with van der Waals surface area (Å²) in [4.78, 5) is 17.1. The highest BCUT2D eigenvalue weighted by molar-refractivity contribution is 5.79. The van der Waals surface area contributed by atoms with Crippen LogP contribution >= 0.6 is 0 Å². The van der Waals surface area contributed by atoms with Crippen LogP contribution in [-0.2, 0) is 11.2 Å². The van der Waals surface area contributed by atoms with E-state index in [1.54, 1.807) is 0 Å². The van der Waals surface area contributed by atoms with Gasteiger partial charge >= 0.3 is 0 Å². The number of rotatable bonds is 5. The molecule has 0 saturated carbocycles. The van der Waals surface area contributed by atoms with E-state index in [9.17, 15) is 4.79 Å². The Morgan fingerprint density at radius 3 is 2.15 bits per heavy atom.